The summed E-state index contributed by atoms with van der Waals surface area (Å²) >= 11 is 0. The van der Waals surface area contributed by atoms with E-state index in [9.17, 15) is 4.79 Å². The van der Waals surface area contributed by atoms with E-state index >= 15 is 0 Å². The Balaban J connectivity index is 1.75. The molecule has 4 heteroatoms. The molecule has 4 nitrogen and oxygen atoms in total. The van der Waals surface area contributed by atoms with Gasteiger partial charge in [0.15, 0.2) is 0 Å². The number of aromatic nitrogens is 1. The highest BCUT2D eigenvalue weighted by atomic mass is 16.2. The summed E-state index contributed by atoms with van der Waals surface area (Å²) in [7, 11) is 0. The minimum absolute atomic E-state index is 0.0526. The smallest absolute Gasteiger partial charge is 0.259 e. The Morgan fingerprint density at radius 3 is 2.38 bits per heavy atom. The number of nitrogens with zero attached hydrogens (tertiary/aromatic N) is 2. The SMILES string of the molecule is CCCN(C(=O)c1c(CC2CCCN2)c(-c2ccccc2)nc2ccccc12)c1ccccc1. The summed E-state index contributed by atoms with van der Waals surface area (Å²) in [5.74, 6) is 0.0526. The van der Waals surface area contributed by atoms with Crippen LogP contribution in [0.5, 0.6) is 0 Å². The lowest BCUT2D eigenvalue weighted by Gasteiger charge is -2.26. The zero-order chi connectivity index (χ0) is 23.3. The second-order valence-electron chi connectivity index (χ2n) is 8.99. The Kier molecular flexibility index (Phi) is 6.68. The van der Waals surface area contributed by atoms with Gasteiger partial charge in [0.1, 0.15) is 0 Å². The predicted octanol–water partition coefficient (Wildman–Crippen LogP) is 6.25. The first-order valence-electron chi connectivity index (χ1n) is 12.3. The van der Waals surface area contributed by atoms with E-state index in [1.54, 1.807) is 0 Å². The molecule has 1 atom stereocenters. The quantitative estimate of drug-likeness (QED) is 0.363. The van der Waals surface area contributed by atoms with Gasteiger partial charge in [-0.3, -0.25) is 4.79 Å². The average Bonchev–Trinajstić information content (AvgIpc) is 3.41. The number of benzene rings is 3. The van der Waals surface area contributed by atoms with E-state index in [1.165, 1.54) is 6.42 Å². The van der Waals surface area contributed by atoms with Crippen molar-refractivity contribution in [1.29, 1.82) is 0 Å². The number of hydrogen-bond donors (Lipinski definition) is 1. The first-order chi connectivity index (χ1) is 16.8. The highest BCUT2D eigenvalue weighted by Crippen LogP contribution is 2.34. The monoisotopic (exact) mass is 449 g/mol. The van der Waals surface area contributed by atoms with Gasteiger partial charge in [0, 0.05) is 29.2 Å². The Labute approximate surface area is 201 Å². The molecule has 1 fully saturated rings. The van der Waals surface area contributed by atoms with Gasteiger partial charge in [-0.1, -0.05) is 73.7 Å². The van der Waals surface area contributed by atoms with Crippen LogP contribution in [0.3, 0.4) is 0 Å². The molecule has 2 heterocycles. The van der Waals surface area contributed by atoms with E-state index in [-0.39, 0.29) is 5.91 Å². The summed E-state index contributed by atoms with van der Waals surface area (Å²) in [5, 5.41) is 4.56. The van der Waals surface area contributed by atoms with Crippen molar-refractivity contribution in [2.24, 2.45) is 0 Å². The van der Waals surface area contributed by atoms with E-state index in [2.05, 4.69) is 24.4 Å². The molecule has 34 heavy (non-hydrogen) atoms. The van der Waals surface area contributed by atoms with Gasteiger partial charge in [-0.05, 0) is 56.0 Å². The molecule has 1 saturated heterocycles. The summed E-state index contributed by atoms with van der Waals surface area (Å²) in [6, 6.07) is 28.7. The number of rotatable bonds is 7. The molecule has 0 radical (unpaired) electrons. The lowest BCUT2D eigenvalue weighted by Crippen LogP contribution is -2.34. The van der Waals surface area contributed by atoms with E-state index in [0.29, 0.717) is 12.6 Å². The number of nitrogens with one attached hydrogen (secondary N) is 1. The van der Waals surface area contributed by atoms with Crippen molar-refractivity contribution in [3.05, 3.63) is 96.1 Å². The Bertz CT molecular complexity index is 1260. The molecule has 4 aromatic rings. The third-order valence-corrected chi connectivity index (χ3v) is 6.63. The number of amides is 1. The molecule has 5 rings (SSSR count). The maximum Gasteiger partial charge on any atom is 0.259 e. The van der Waals surface area contributed by atoms with Gasteiger partial charge in [0.2, 0.25) is 0 Å². The largest absolute Gasteiger partial charge is 0.314 e. The van der Waals surface area contributed by atoms with Crippen LogP contribution in [0.25, 0.3) is 22.2 Å². The highest BCUT2D eigenvalue weighted by Gasteiger charge is 2.28. The van der Waals surface area contributed by atoms with Crippen LogP contribution in [0.2, 0.25) is 0 Å². The Hall–Kier alpha value is -3.50. The molecular formula is C30H31N3O. The van der Waals surface area contributed by atoms with Crippen LogP contribution in [0.4, 0.5) is 5.69 Å². The van der Waals surface area contributed by atoms with Gasteiger partial charge in [-0.25, -0.2) is 4.98 Å². The van der Waals surface area contributed by atoms with Gasteiger partial charge in [-0.2, -0.15) is 0 Å². The first kappa shape index (κ1) is 22.3. The van der Waals surface area contributed by atoms with Crippen molar-refractivity contribution in [3.8, 4) is 11.3 Å². The summed E-state index contributed by atoms with van der Waals surface area (Å²) in [6.45, 7) is 3.82. The molecule has 1 aliphatic rings. The summed E-state index contributed by atoms with van der Waals surface area (Å²) in [4.78, 5) is 21.4. The highest BCUT2D eigenvalue weighted by molar-refractivity contribution is 6.15. The number of carbonyl (C=O) groups excluding carboxylic acids is 1. The molecule has 1 amide bonds. The molecule has 1 N–H and O–H groups in total. The van der Waals surface area contributed by atoms with Crippen molar-refractivity contribution < 1.29 is 4.79 Å². The van der Waals surface area contributed by atoms with Gasteiger partial charge in [0.05, 0.1) is 16.8 Å². The van der Waals surface area contributed by atoms with Crippen molar-refractivity contribution >= 4 is 22.5 Å². The van der Waals surface area contributed by atoms with Crippen LogP contribution in [-0.2, 0) is 6.42 Å². The normalized spacial score (nSPS) is 15.5. The maximum absolute atomic E-state index is 14.4. The first-order valence-corrected chi connectivity index (χ1v) is 12.3. The number of para-hydroxylation sites is 2. The van der Waals surface area contributed by atoms with E-state index in [0.717, 1.165) is 64.8 Å². The maximum atomic E-state index is 14.4. The van der Waals surface area contributed by atoms with Gasteiger partial charge < -0.3 is 10.2 Å². The number of fused-ring (bicyclic) bond motifs is 1. The van der Waals surface area contributed by atoms with Crippen LogP contribution in [0, 0.1) is 0 Å². The van der Waals surface area contributed by atoms with E-state index < -0.39 is 0 Å². The predicted molar refractivity (Wildman–Crippen MR) is 140 cm³/mol. The average molecular weight is 450 g/mol. The lowest BCUT2D eigenvalue weighted by atomic mass is 9.91. The van der Waals surface area contributed by atoms with Crippen LogP contribution >= 0.6 is 0 Å². The second kappa shape index (κ2) is 10.2. The molecule has 0 aliphatic carbocycles. The van der Waals surface area contributed by atoms with Gasteiger partial charge >= 0.3 is 0 Å². The van der Waals surface area contributed by atoms with E-state index in [1.807, 2.05) is 77.7 Å². The summed E-state index contributed by atoms with van der Waals surface area (Å²) < 4.78 is 0. The molecule has 1 aliphatic heterocycles. The molecule has 1 unspecified atom stereocenters. The topological polar surface area (TPSA) is 45.2 Å². The molecule has 0 spiro atoms. The minimum atomic E-state index is 0.0526. The molecular weight excluding hydrogens is 418 g/mol. The van der Waals surface area contributed by atoms with Crippen molar-refractivity contribution in [2.75, 3.05) is 18.0 Å². The Morgan fingerprint density at radius 2 is 1.68 bits per heavy atom. The van der Waals surface area contributed by atoms with Crippen molar-refractivity contribution in [2.45, 2.75) is 38.6 Å². The van der Waals surface area contributed by atoms with Crippen LogP contribution in [0.15, 0.2) is 84.9 Å². The van der Waals surface area contributed by atoms with E-state index in [4.69, 9.17) is 4.98 Å². The summed E-state index contributed by atoms with van der Waals surface area (Å²) in [5.41, 5.74) is 5.60. The van der Waals surface area contributed by atoms with Crippen LogP contribution in [0.1, 0.15) is 42.1 Å². The number of carbonyl (C=O) groups is 1. The van der Waals surface area contributed by atoms with Gasteiger partial charge in [-0.15, -0.1) is 0 Å². The van der Waals surface area contributed by atoms with Crippen molar-refractivity contribution in [1.82, 2.24) is 10.3 Å². The number of hydrogen-bond acceptors (Lipinski definition) is 3. The fourth-order valence-corrected chi connectivity index (χ4v) is 5.02. The fraction of sp³-hybridized carbons (Fsp3) is 0.267. The third kappa shape index (κ3) is 4.46. The molecule has 172 valence electrons. The van der Waals surface area contributed by atoms with Crippen molar-refractivity contribution in [3.63, 3.8) is 0 Å². The number of pyridine rings is 1. The molecule has 1 aromatic heterocycles. The minimum Gasteiger partial charge on any atom is -0.314 e. The number of anilines is 1. The standard InChI is InChI=1S/C30H31N3O/c1-2-20-33(24-15-7-4-8-16-24)30(34)28-25-17-9-10-18-27(25)32-29(22-12-5-3-6-13-22)26(28)21-23-14-11-19-31-23/h3-10,12-13,15-18,23,31H,2,11,14,19-21H2,1H3. The fourth-order valence-electron chi connectivity index (χ4n) is 5.02. The lowest BCUT2D eigenvalue weighted by molar-refractivity contribution is 0.0987. The zero-order valence-corrected chi connectivity index (χ0v) is 19.7. The second-order valence-corrected chi connectivity index (χ2v) is 8.99. The molecule has 3 aromatic carbocycles. The summed E-state index contributed by atoms with van der Waals surface area (Å²) in [6.07, 6.45) is 3.96. The zero-order valence-electron chi connectivity index (χ0n) is 19.7. The molecule has 0 bridgehead atoms. The van der Waals surface area contributed by atoms with Crippen LogP contribution in [-0.4, -0.2) is 30.0 Å². The Morgan fingerprint density at radius 1 is 0.971 bits per heavy atom. The van der Waals surface area contributed by atoms with Gasteiger partial charge in [0.25, 0.3) is 5.91 Å². The third-order valence-electron chi connectivity index (χ3n) is 6.63. The van der Waals surface area contributed by atoms with Crippen LogP contribution < -0.4 is 10.2 Å². The molecule has 0 saturated carbocycles.